The lowest BCUT2D eigenvalue weighted by Crippen LogP contribution is -2.33. The van der Waals surface area contributed by atoms with Crippen LogP contribution in [-0.4, -0.2) is 34.0 Å². The standard InChI is InChI=1S/C18H17ClN4O3/c1-26-18(25)10-15(12-6-8-13(19)9-7-12)20-17(24)11-23-16-5-3-2-4-14(16)21-22-23/h2-9,15H,10-11H2,1H3,(H,20,24)/t15-/m1/s1. The minimum absolute atomic E-state index is 0.00816. The lowest BCUT2D eigenvalue weighted by atomic mass is 10.0. The predicted molar refractivity (Wildman–Crippen MR) is 96.5 cm³/mol. The molecule has 8 heteroatoms. The Balaban J connectivity index is 1.76. The summed E-state index contributed by atoms with van der Waals surface area (Å²) in [5, 5.41) is 11.4. The largest absolute Gasteiger partial charge is 0.469 e. The maximum Gasteiger partial charge on any atom is 0.307 e. The van der Waals surface area contributed by atoms with Crippen LogP contribution in [0.2, 0.25) is 5.02 Å². The van der Waals surface area contributed by atoms with E-state index < -0.39 is 12.0 Å². The topological polar surface area (TPSA) is 86.1 Å². The highest BCUT2D eigenvalue weighted by Gasteiger charge is 2.20. The highest BCUT2D eigenvalue weighted by atomic mass is 35.5. The van der Waals surface area contributed by atoms with E-state index in [1.165, 1.54) is 11.8 Å². The normalized spacial score (nSPS) is 11.9. The number of amides is 1. The molecule has 1 amide bonds. The van der Waals surface area contributed by atoms with Gasteiger partial charge < -0.3 is 10.1 Å². The van der Waals surface area contributed by atoms with E-state index in [1.807, 2.05) is 24.3 Å². The second kappa shape index (κ2) is 7.97. The number of benzene rings is 2. The number of ether oxygens (including phenoxy) is 1. The van der Waals surface area contributed by atoms with E-state index in [4.69, 9.17) is 16.3 Å². The third-order valence-corrected chi connectivity index (χ3v) is 4.17. The molecule has 1 aromatic heterocycles. The Labute approximate surface area is 154 Å². The van der Waals surface area contributed by atoms with Crippen LogP contribution in [0.25, 0.3) is 11.0 Å². The fourth-order valence-corrected chi connectivity index (χ4v) is 2.73. The van der Waals surface area contributed by atoms with Crippen molar-refractivity contribution in [3.63, 3.8) is 0 Å². The van der Waals surface area contributed by atoms with E-state index in [-0.39, 0.29) is 18.9 Å². The SMILES string of the molecule is COC(=O)C[C@@H](NC(=O)Cn1nnc2ccccc21)c1ccc(Cl)cc1. The third-order valence-electron chi connectivity index (χ3n) is 3.92. The molecule has 0 radical (unpaired) electrons. The van der Waals surface area contributed by atoms with Crippen LogP contribution < -0.4 is 5.32 Å². The molecule has 1 atom stereocenters. The van der Waals surface area contributed by atoms with Crippen LogP contribution in [0.15, 0.2) is 48.5 Å². The molecular formula is C18H17ClN4O3. The number of hydrogen-bond acceptors (Lipinski definition) is 5. The van der Waals surface area contributed by atoms with Crippen LogP contribution in [-0.2, 0) is 20.9 Å². The summed E-state index contributed by atoms with van der Waals surface area (Å²) in [5.74, 6) is -0.707. The number of para-hydroxylation sites is 1. The number of esters is 1. The van der Waals surface area contributed by atoms with Crippen molar-refractivity contribution in [3.8, 4) is 0 Å². The molecule has 134 valence electrons. The van der Waals surface area contributed by atoms with Crippen molar-refractivity contribution in [2.24, 2.45) is 0 Å². The Morgan fingerprint density at radius 1 is 1.19 bits per heavy atom. The van der Waals surface area contributed by atoms with Gasteiger partial charge in [-0.1, -0.05) is 41.1 Å². The number of rotatable bonds is 6. The molecule has 0 saturated heterocycles. The van der Waals surface area contributed by atoms with E-state index >= 15 is 0 Å². The van der Waals surface area contributed by atoms with Gasteiger partial charge in [-0.3, -0.25) is 9.59 Å². The van der Waals surface area contributed by atoms with Gasteiger partial charge in [0.15, 0.2) is 0 Å². The van der Waals surface area contributed by atoms with Crippen molar-refractivity contribution < 1.29 is 14.3 Å². The van der Waals surface area contributed by atoms with Crippen molar-refractivity contribution in [1.82, 2.24) is 20.3 Å². The average molecular weight is 373 g/mol. The molecule has 3 aromatic rings. The van der Waals surface area contributed by atoms with Crippen LogP contribution in [0.5, 0.6) is 0 Å². The van der Waals surface area contributed by atoms with E-state index in [0.717, 1.165) is 11.1 Å². The molecule has 0 aliphatic rings. The van der Waals surface area contributed by atoms with Gasteiger partial charge in [-0.05, 0) is 29.8 Å². The van der Waals surface area contributed by atoms with Gasteiger partial charge in [0.1, 0.15) is 12.1 Å². The molecule has 0 fully saturated rings. The summed E-state index contributed by atoms with van der Waals surface area (Å²) in [6.07, 6.45) is 0.0159. The quantitative estimate of drug-likeness (QED) is 0.672. The van der Waals surface area contributed by atoms with Crippen LogP contribution in [0.3, 0.4) is 0 Å². The first-order valence-corrected chi connectivity index (χ1v) is 8.34. The summed E-state index contributed by atoms with van der Waals surface area (Å²) in [6.45, 7) is -0.00816. The van der Waals surface area contributed by atoms with E-state index in [1.54, 1.807) is 24.3 Å². The predicted octanol–water partition coefficient (Wildman–Crippen LogP) is 2.51. The van der Waals surface area contributed by atoms with Crippen LogP contribution in [0, 0.1) is 0 Å². The minimum Gasteiger partial charge on any atom is -0.469 e. The van der Waals surface area contributed by atoms with Crippen molar-refractivity contribution in [3.05, 3.63) is 59.1 Å². The molecule has 2 aromatic carbocycles. The second-order valence-electron chi connectivity index (χ2n) is 5.69. The summed E-state index contributed by atoms with van der Waals surface area (Å²) in [4.78, 5) is 24.2. The number of aromatic nitrogens is 3. The van der Waals surface area contributed by atoms with Gasteiger partial charge in [0.05, 0.1) is 25.1 Å². The maximum absolute atomic E-state index is 12.5. The highest BCUT2D eigenvalue weighted by Crippen LogP contribution is 2.20. The van der Waals surface area contributed by atoms with Crippen LogP contribution in [0.4, 0.5) is 0 Å². The summed E-state index contributed by atoms with van der Waals surface area (Å²) < 4.78 is 6.24. The minimum atomic E-state index is -0.526. The van der Waals surface area contributed by atoms with Crippen LogP contribution in [0.1, 0.15) is 18.0 Å². The third kappa shape index (κ3) is 4.18. The molecule has 26 heavy (non-hydrogen) atoms. The molecule has 1 N–H and O–H groups in total. The van der Waals surface area contributed by atoms with Crippen molar-refractivity contribution in [2.75, 3.05) is 7.11 Å². The maximum atomic E-state index is 12.5. The smallest absolute Gasteiger partial charge is 0.307 e. The Morgan fingerprint density at radius 3 is 2.65 bits per heavy atom. The van der Waals surface area contributed by atoms with Crippen LogP contribution >= 0.6 is 11.6 Å². The molecule has 3 rings (SSSR count). The fraction of sp³-hybridized carbons (Fsp3) is 0.222. The Morgan fingerprint density at radius 2 is 1.92 bits per heavy atom. The van der Waals surface area contributed by atoms with Crippen molar-refractivity contribution in [2.45, 2.75) is 19.0 Å². The summed E-state index contributed by atoms with van der Waals surface area (Å²) in [6, 6.07) is 13.8. The number of carbonyl (C=O) groups is 2. The van der Waals surface area contributed by atoms with Crippen molar-refractivity contribution >= 4 is 34.5 Å². The van der Waals surface area contributed by atoms with Gasteiger partial charge in [0, 0.05) is 5.02 Å². The summed E-state index contributed by atoms with van der Waals surface area (Å²) in [5.41, 5.74) is 2.24. The van der Waals surface area contributed by atoms with Gasteiger partial charge in [-0.2, -0.15) is 0 Å². The molecular weight excluding hydrogens is 356 g/mol. The summed E-state index contributed by atoms with van der Waals surface area (Å²) in [7, 11) is 1.31. The number of halogens is 1. The summed E-state index contributed by atoms with van der Waals surface area (Å²) >= 11 is 5.91. The van der Waals surface area contributed by atoms with Gasteiger partial charge >= 0.3 is 5.97 Å². The molecule has 0 aliphatic carbocycles. The lowest BCUT2D eigenvalue weighted by Gasteiger charge is -2.18. The number of methoxy groups -OCH3 is 1. The molecule has 0 aliphatic heterocycles. The molecule has 7 nitrogen and oxygen atoms in total. The zero-order valence-electron chi connectivity index (χ0n) is 14.1. The van der Waals surface area contributed by atoms with Gasteiger partial charge in [-0.25, -0.2) is 4.68 Å². The Bertz CT molecular complexity index is 924. The van der Waals surface area contributed by atoms with Gasteiger partial charge in [0.25, 0.3) is 0 Å². The first-order chi connectivity index (χ1) is 12.6. The fourth-order valence-electron chi connectivity index (χ4n) is 2.61. The molecule has 1 heterocycles. The monoisotopic (exact) mass is 372 g/mol. The number of hydrogen-bond donors (Lipinski definition) is 1. The van der Waals surface area contributed by atoms with E-state index in [0.29, 0.717) is 10.5 Å². The molecule has 0 spiro atoms. The number of nitrogens with zero attached hydrogens (tertiary/aromatic N) is 3. The highest BCUT2D eigenvalue weighted by molar-refractivity contribution is 6.30. The Kier molecular flexibility index (Phi) is 5.48. The van der Waals surface area contributed by atoms with Gasteiger partial charge in [-0.15, -0.1) is 5.10 Å². The van der Waals surface area contributed by atoms with E-state index in [2.05, 4.69) is 15.6 Å². The molecule has 0 unspecified atom stereocenters. The lowest BCUT2D eigenvalue weighted by molar-refractivity contribution is -0.141. The van der Waals surface area contributed by atoms with Gasteiger partial charge in [0.2, 0.25) is 5.91 Å². The van der Waals surface area contributed by atoms with Crippen molar-refractivity contribution in [1.29, 1.82) is 0 Å². The second-order valence-corrected chi connectivity index (χ2v) is 6.12. The number of carbonyl (C=O) groups excluding carboxylic acids is 2. The average Bonchev–Trinajstić information content (AvgIpc) is 3.04. The zero-order valence-corrected chi connectivity index (χ0v) is 14.8. The Hall–Kier alpha value is -2.93. The first kappa shape index (κ1) is 17.9. The first-order valence-electron chi connectivity index (χ1n) is 7.96. The number of fused-ring (bicyclic) bond motifs is 1. The molecule has 0 saturated carbocycles. The van der Waals surface area contributed by atoms with E-state index in [9.17, 15) is 9.59 Å². The zero-order chi connectivity index (χ0) is 18.5. The number of nitrogens with one attached hydrogen (secondary N) is 1. The molecule has 0 bridgehead atoms.